The minimum absolute atomic E-state index is 0.0997. The lowest BCUT2D eigenvalue weighted by Crippen LogP contribution is -2.39. The highest BCUT2D eigenvalue weighted by Gasteiger charge is 2.07. The fourth-order valence-electron chi connectivity index (χ4n) is 2.20. The highest BCUT2D eigenvalue weighted by Crippen LogP contribution is 2.13. The molecule has 0 amide bonds. The molecule has 2 rings (SSSR count). The SMILES string of the molecule is CCNC(=NCc1ccc([N+](=O)[O-])cc1)N(C)CCc1cccs1. The van der Waals surface area contributed by atoms with Crippen molar-refractivity contribution in [3.63, 3.8) is 0 Å². The monoisotopic (exact) mass is 346 g/mol. The van der Waals surface area contributed by atoms with Gasteiger partial charge in [0.1, 0.15) is 0 Å². The maximum atomic E-state index is 10.7. The number of nitro benzene ring substituents is 1. The molecule has 0 atom stereocenters. The summed E-state index contributed by atoms with van der Waals surface area (Å²) >= 11 is 1.76. The molecule has 0 unspecified atom stereocenters. The molecular formula is C17H22N4O2S. The molecule has 0 bridgehead atoms. The van der Waals surface area contributed by atoms with Crippen LogP contribution in [0.1, 0.15) is 17.4 Å². The molecule has 0 fully saturated rings. The van der Waals surface area contributed by atoms with Crippen molar-refractivity contribution >= 4 is 23.0 Å². The van der Waals surface area contributed by atoms with Crippen LogP contribution in [0.3, 0.4) is 0 Å². The molecular weight excluding hydrogens is 324 g/mol. The van der Waals surface area contributed by atoms with E-state index in [-0.39, 0.29) is 5.69 Å². The predicted molar refractivity (Wildman–Crippen MR) is 98.6 cm³/mol. The summed E-state index contributed by atoms with van der Waals surface area (Å²) < 4.78 is 0. The highest BCUT2D eigenvalue weighted by atomic mass is 32.1. The summed E-state index contributed by atoms with van der Waals surface area (Å²) in [5.41, 5.74) is 1.05. The van der Waals surface area contributed by atoms with Gasteiger partial charge >= 0.3 is 0 Å². The summed E-state index contributed by atoms with van der Waals surface area (Å²) in [6.45, 7) is 4.20. The van der Waals surface area contributed by atoms with E-state index >= 15 is 0 Å². The number of rotatable bonds is 7. The van der Waals surface area contributed by atoms with Crippen molar-refractivity contribution in [2.45, 2.75) is 19.9 Å². The van der Waals surface area contributed by atoms with Gasteiger partial charge in [-0.2, -0.15) is 0 Å². The maximum Gasteiger partial charge on any atom is 0.269 e. The second kappa shape index (κ2) is 9.02. The lowest BCUT2D eigenvalue weighted by molar-refractivity contribution is -0.384. The Labute approximate surface area is 146 Å². The quantitative estimate of drug-likeness (QED) is 0.361. The van der Waals surface area contributed by atoms with E-state index in [1.807, 2.05) is 14.0 Å². The van der Waals surface area contributed by atoms with E-state index in [0.717, 1.165) is 31.0 Å². The number of non-ortho nitro benzene ring substituents is 1. The second-order valence-corrected chi connectivity index (χ2v) is 6.38. The van der Waals surface area contributed by atoms with Gasteiger partial charge in [0.2, 0.25) is 0 Å². The van der Waals surface area contributed by atoms with Gasteiger partial charge < -0.3 is 10.2 Å². The third kappa shape index (κ3) is 5.34. The number of benzene rings is 1. The lowest BCUT2D eigenvalue weighted by Gasteiger charge is -2.21. The fraction of sp³-hybridized carbons (Fsp3) is 0.353. The molecule has 0 aliphatic carbocycles. The minimum Gasteiger partial charge on any atom is -0.357 e. The number of nitrogens with one attached hydrogen (secondary N) is 1. The first-order valence-electron chi connectivity index (χ1n) is 7.85. The van der Waals surface area contributed by atoms with Crippen molar-refractivity contribution < 1.29 is 4.92 Å². The van der Waals surface area contributed by atoms with Crippen LogP contribution >= 0.6 is 11.3 Å². The van der Waals surface area contributed by atoms with E-state index in [9.17, 15) is 10.1 Å². The molecule has 0 saturated carbocycles. The Kier molecular flexibility index (Phi) is 6.74. The molecule has 1 aromatic carbocycles. The molecule has 1 aromatic heterocycles. The fourth-order valence-corrected chi connectivity index (χ4v) is 2.90. The van der Waals surface area contributed by atoms with E-state index in [0.29, 0.717) is 6.54 Å². The Morgan fingerprint density at radius 3 is 2.67 bits per heavy atom. The van der Waals surface area contributed by atoms with Gasteiger partial charge in [0.15, 0.2) is 5.96 Å². The normalized spacial score (nSPS) is 11.3. The third-order valence-electron chi connectivity index (χ3n) is 3.53. The zero-order valence-electron chi connectivity index (χ0n) is 13.9. The molecule has 0 aliphatic heterocycles. The Balaban J connectivity index is 1.97. The maximum absolute atomic E-state index is 10.7. The van der Waals surface area contributed by atoms with Crippen molar-refractivity contribution in [2.24, 2.45) is 4.99 Å². The summed E-state index contributed by atoms with van der Waals surface area (Å²) in [5, 5.41) is 16.1. The van der Waals surface area contributed by atoms with E-state index in [2.05, 4.69) is 32.7 Å². The molecule has 2 aromatic rings. The van der Waals surface area contributed by atoms with Gasteiger partial charge in [-0.3, -0.25) is 10.1 Å². The van der Waals surface area contributed by atoms with E-state index in [1.54, 1.807) is 23.5 Å². The smallest absolute Gasteiger partial charge is 0.269 e. The molecule has 0 spiro atoms. The first kappa shape index (κ1) is 17.9. The lowest BCUT2D eigenvalue weighted by atomic mass is 10.2. The van der Waals surface area contributed by atoms with Gasteiger partial charge in [0.05, 0.1) is 11.5 Å². The Morgan fingerprint density at radius 1 is 1.33 bits per heavy atom. The van der Waals surface area contributed by atoms with E-state index in [4.69, 9.17) is 0 Å². The number of aliphatic imine (C=N–C) groups is 1. The van der Waals surface area contributed by atoms with Crippen LogP contribution in [0.4, 0.5) is 5.69 Å². The molecule has 1 heterocycles. The average molecular weight is 346 g/mol. The van der Waals surface area contributed by atoms with Crippen LogP contribution in [0, 0.1) is 10.1 Å². The van der Waals surface area contributed by atoms with Crippen molar-refractivity contribution in [1.29, 1.82) is 0 Å². The summed E-state index contributed by atoms with van der Waals surface area (Å²) in [6.07, 6.45) is 0.982. The Bertz CT molecular complexity index is 668. The van der Waals surface area contributed by atoms with Crippen LogP contribution < -0.4 is 5.32 Å². The zero-order chi connectivity index (χ0) is 17.4. The largest absolute Gasteiger partial charge is 0.357 e. The van der Waals surface area contributed by atoms with Crippen molar-refractivity contribution in [3.8, 4) is 0 Å². The summed E-state index contributed by atoms with van der Waals surface area (Å²) in [7, 11) is 2.02. The van der Waals surface area contributed by atoms with Gasteiger partial charge in [-0.15, -0.1) is 11.3 Å². The third-order valence-corrected chi connectivity index (χ3v) is 4.46. The van der Waals surface area contributed by atoms with Gasteiger partial charge in [0, 0.05) is 37.1 Å². The van der Waals surface area contributed by atoms with Gasteiger partial charge in [0.25, 0.3) is 5.69 Å². The number of guanidine groups is 1. The number of thiophene rings is 1. The predicted octanol–water partition coefficient (Wildman–Crippen LogP) is 3.30. The van der Waals surface area contributed by atoms with Crippen LogP contribution in [0.15, 0.2) is 46.8 Å². The zero-order valence-corrected chi connectivity index (χ0v) is 14.8. The molecule has 0 aliphatic rings. The number of likely N-dealkylation sites (N-methyl/N-ethyl adjacent to an activating group) is 1. The van der Waals surface area contributed by atoms with Gasteiger partial charge in [-0.1, -0.05) is 18.2 Å². The summed E-state index contributed by atoms with van der Waals surface area (Å²) in [4.78, 5) is 18.4. The van der Waals surface area contributed by atoms with Crippen LogP contribution in [-0.2, 0) is 13.0 Å². The Morgan fingerprint density at radius 2 is 2.08 bits per heavy atom. The summed E-state index contributed by atoms with van der Waals surface area (Å²) in [5.74, 6) is 0.840. The van der Waals surface area contributed by atoms with E-state index in [1.165, 1.54) is 17.0 Å². The number of nitro groups is 1. The molecule has 24 heavy (non-hydrogen) atoms. The highest BCUT2D eigenvalue weighted by molar-refractivity contribution is 7.09. The first-order valence-corrected chi connectivity index (χ1v) is 8.73. The molecule has 6 nitrogen and oxygen atoms in total. The average Bonchev–Trinajstić information content (AvgIpc) is 3.10. The molecule has 128 valence electrons. The molecule has 0 radical (unpaired) electrons. The second-order valence-electron chi connectivity index (χ2n) is 5.34. The standard InChI is InChI=1S/C17H22N4O2S/c1-3-18-17(20(2)11-10-16-5-4-12-24-16)19-13-14-6-8-15(9-7-14)21(22)23/h4-9,12H,3,10-11,13H2,1-2H3,(H,18,19). The number of hydrogen-bond acceptors (Lipinski definition) is 4. The molecule has 7 heteroatoms. The van der Waals surface area contributed by atoms with Crippen LogP contribution in [-0.4, -0.2) is 35.9 Å². The van der Waals surface area contributed by atoms with Crippen molar-refractivity contribution in [3.05, 3.63) is 62.3 Å². The van der Waals surface area contributed by atoms with Crippen molar-refractivity contribution in [1.82, 2.24) is 10.2 Å². The van der Waals surface area contributed by atoms with Crippen molar-refractivity contribution in [2.75, 3.05) is 20.1 Å². The minimum atomic E-state index is -0.393. The summed E-state index contributed by atoms with van der Waals surface area (Å²) in [6, 6.07) is 10.7. The Hall–Kier alpha value is -2.41. The first-order chi connectivity index (χ1) is 11.6. The number of nitrogens with zero attached hydrogens (tertiary/aromatic N) is 3. The van der Waals surface area contributed by atoms with Crippen LogP contribution in [0.2, 0.25) is 0 Å². The number of hydrogen-bond donors (Lipinski definition) is 1. The van der Waals surface area contributed by atoms with Gasteiger partial charge in [-0.05, 0) is 30.4 Å². The van der Waals surface area contributed by atoms with Crippen LogP contribution in [0.25, 0.3) is 0 Å². The molecule has 1 N–H and O–H groups in total. The van der Waals surface area contributed by atoms with E-state index < -0.39 is 4.92 Å². The van der Waals surface area contributed by atoms with Gasteiger partial charge in [-0.25, -0.2) is 4.99 Å². The topological polar surface area (TPSA) is 70.8 Å². The molecule has 0 saturated heterocycles. The van der Waals surface area contributed by atoms with Crippen LogP contribution in [0.5, 0.6) is 0 Å².